The van der Waals surface area contributed by atoms with E-state index < -0.39 is 0 Å². The Balaban J connectivity index is 2.56. The molecule has 0 unspecified atom stereocenters. The van der Waals surface area contributed by atoms with Gasteiger partial charge < -0.3 is 10.1 Å². The predicted molar refractivity (Wildman–Crippen MR) is 52.6 cm³/mol. The van der Waals surface area contributed by atoms with E-state index in [1.807, 2.05) is 19.3 Å². The summed E-state index contributed by atoms with van der Waals surface area (Å²) in [4.78, 5) is 4.19. The average molecular weight is 180 g/mol. The summed E-state index contributed by atoms with van der Waals surface area (Å²) in [6.07, 6.45) is 2.87. The maximum atomic E-state index is 5.01. The molecule has 0 aliphatic rings. The fourth-order valence-electron chi connectivity index (χ4n) is 1.18. The van der Waals surface area contributed by atoms with Crippen molar-refractivity contribution >= 4 is 0 Å². The molecule has 72 valence electrons. The molecule has 3 nitrogen and oxygen atoms in total. The minimum atomic E-state index is 0.591. The van der Waals surface area contributed by atoms with E-state index in [2.05, 4.69) is 16.4 Å². The van der Waals surface area contributed by atoms with Crippen LogP contribution in [0.2, 0.25) is 0 Å². The first-order valence-electron chi connectivity index (χ1n) is 4.44. The number of nitrogens with one attached hydrogen (secondary N) is 1. The van der Waals surface area contributed by atoms with Crippen LogP contribution in [0.25, 0.3) is 0 Å². The van der Waals surface area contributed by atoms with Crippen molar-refractivity contribution in [2.45, 2.75) is 13.0 Å². The number of rotatable bonds is 5. The fraction of sp³-hybridized carbons (Fsp3) is 0.500. The number of methoxy groups -OCH3 is 1. The first kappa shape index (κ1) is 10.2. The van der Waals surface area contributed by atoms with Gasteiger partial charge in [0.15, 0.2) is 0 Å². The van der Waals surface area contributed by atoms with Crippen molar-refractivity contribution in [2.75, 3.05) is 20.7 Å². The molecular formula is C10H16N2O. The third-order valence-corrected chi connectivity index (χ3v) is 1.84. The molecule has 0 aliphatic heterocycles. The van der Waals surface area contributed by atoms with Crippen molar-refractivity contribution in [3.05, 3.63) is 29.6 Å². The molecule has 3 heteroatoms. The molecular weight excluding hydrogens is 164 g/mol. The van der Waals surface area contributed by atoms with Gasteiger partial charge >= 0.3 is 0 Å². The molecule has 0 saturated heterocycles. The number of likely N-dealkylation sites (N-methyl/N-ethyl adjacent to an activating group) is 1. The van der Waals surface area contributed by atoms with Gasteiger partial charge in [0, 0.05) is 13.3 Å². The largest absolute Gasteiger partial charge is 0.378 e. The molecule has 13 heavy (non-hydrogen) atoms. The van der Waals surface area contributed by atoms with Crippen LogP contribution in [0.5, 0.6) is 0 Å². The van der Waals surface area contributed by atoms with Gasteiger partial charge in [0.05, 0.1) is 12.3 Å². The summed E-state index contributed by atoms with van der Waals surface area (Å²) in [5, 5.41) is 3.12. The van der Waals surface area contributed by atoms with E-state index in [0.29, 0.717) is 6.61 Å². The van der Waals surface area contributed by atoms with Crippen LogP contribution in [-0.2, 0) is 17.8 Å². The van der Waals surface area contributed by atoms with Crippen molar-refractivity contribution in [1.29, 1.82) is 0 Å². The number of hydrogen-bond acceptors (Lipinski definition) is 3. The third-order valence-electron chi connectivity index (χ3n) is 1.84. The first-order chi connectivity index (χ1) is 6.36. The molecule has 0 atom stereocenters. The number of hydrogen-bond donors (Lipinski definition) is 1. The van der Waals surface area contributed by atoms with Crippen LogP contribution in [0.15, 0.2) is 18.3 Å². The van der Waals surface area contributed by atoms with Crippen LogP contribution in [0.1, 0.15) is 11.3 Å². The van der Waals surface area contributed by atoms with Gasteiger partial charge in [-0.05, 0) is 37.7 Å². The van der Waals surface area contributed by atoms with E-state index in [0.717, 1.165) is 18.7 Å². The molecule has 0 aromatic carbocycles. The molecule has 0 bridgehead atoms. The van der Waals surface area contributed by atoms with Crippen LogP contribution in [0, 0.1) is 0 Å². The second-order valence-corrected chi connectivity index (χ2v) is 2.94. The molecule has 0 aliphatic carbocycles. The Morgan fingerprint density at radius 3 is 3.08 bits per heavy atom. The van der Waals surface area contributed by atoms with Gasteiger partial charge in [-0.2, -0.15) is 0 Å². The van der Waals surface area contributed by atoms with E-state index in [1.165, 1.54) is 5.56 Å². The van der Waals surface area contributed by atoms with Crippen LogP contribution < -0.4 is 5.32 Å². The van der Waals surface area contributed by atoms with Crippen molar-refractivity contribution in [1.82, 2.24) is 10.3 Å². The highest BCUT2D eigenvalue weighted by molar-refractivity contribution is 5.16. The van der Waals surface area contributed by atoms with Gasteiger partial charge in [0.2, 0.25) is 0 Å². The Morgan fingerprint density at radius 1 is 1.54 bits per heavy atom. The summed E-state index contributed by atoms with van der Waals surface area (Å²) in [7, 11) is 3.64. The zero-order valence-corrected chi connectivity index (χ0v) is 8.21. The lowest BCUT2D eigenvalue weighted by atomic mass is 10.2. The quantitative estimate of drug-likeness (QED) is 0.733. The Bertz CT molecular complexity index is 250. The van der Waals surface area contributed by atoms with Crippen LogP contribution >= 0.6 is 0 Å². The molecule has 1 rings (SSSR count). The summed E-state index contributed by atoms with van der Waals surface area (Å²) >= 11 is 0. The molecule has 1 aromatic heterocycles. The van der Waals surface area contributed by atoms with Crippen molar-refractivity contribution in [2.24, 2.45) is 0 Å². The van der Waals surface area contributed by atoms with E-state index >= 15 is 0 Å². The lowest BCUT2D eigenvalue weighted by Crippen LogP contribution is -2.10. The number of nitrogens with zero attached hydrogens (tertiary/aromatic N) is 1. The van der Waals surface area contributed by atoms with Gasteiger partial charge in [0.1, 0.15) is 0 Å². The summed E-state index contributed by atoms with van der Waals surface area (Å²) in [6.45, 7) is 1.59. The summed E-state index contributed by atoms with van der Waals surface area (Å²) in [5.74, 6) is 0. The topological polar surface area (TPSA) is 34.2 Å². The lowest BCUT2D eigenvalue weighted by Gasteiger charge is -2.03. The van der Waals surface area contributed by atoms with E-state index in [1.54, 1.807) is 7.11 Å². The molecule has 1 heterocycles. The Morgan fingerprint density at radius 2 is 2.38 bits per heavy atom. The smallest absolute Gasteiger partial charge is 0.0884 e. The van der Waals surface area contributed by atoms with Crippen molar-refractivity contribution in [3.63, 3.8) is 0 Å². The maximum Gasteiger partial charge on any atom is 0.0884 e. The highest BCUT2D eigenvalue weighted by Gasteiger charge is 1.96. The second kappa shape index (κ2) is 5.67. The van der Waals surface area contributed by atoms with Crippen LogP contribution in [-0.4, -0.2) is 25.7 Å². The minimum absolute atomic E-state index is 0.591. The zero-order valence-electron chi connectivity index (χ0n) is 8.21. The standard InChI is InChI=1S/C10H16N2O/c1-11-5-3-9-4-6-12-10(7-9)8-13-2/h4,6-7,11H,3,5,8H2,1-2H3. The normalized spacial score (nSPS) is 10.3. The monoisotopic (exact) mass is 180 g/mol. The third kappa shape index (κ3) is 3.53. The molecule has 0 spiro atoms. The van der Waals surface area contributed by atoms with E-state index in [-0.39, 0.29) is 0 Å². The van der Waals surface area contributed by atoms with Gasteiger partial charge in [-0.3, -0.25) is 4.98 Å². The van der Waals surface area contributed by atoms with E-state index in [4.69, 9.17) is 4.74 Å². The fourth-order valence-corrected chi connectivity index (χ4v) is 1.18. The van der Waals surface area contributed by atoms with Crippen molar-refractivity contribution < 1.29 is 4.74 Å². The Kier molecular flexibility index (Phi) is 4.43. The SMILES string of the molecule is CNCCc1ccnc(COC)c1. The molecule has 0 fully saturated rings. The van der Waals surface area contributed by atoms with Crippen LogP contribution in [0.3, 0.4) is 0 Å². The predicted octanol–water partition coefficient (Wildman–Crippen LogP) is 0.990. The average Bonchev–Trinajstić information content (AvgIpc) is 2.16. The minimum Gasteiger partial charge on any atom is -0.378 e. The second-order valence-electron chi connectivity index (χ2n) is 2.94. The molecule has 0 radical (unpaired) electrons. The number of ether oxygens (including phenoxy) is 1. The van der Waals surface area contributed by atoms with Gasteiger partial charge in [-0.15, -0.1) is 0 Å². The van der Waals surface area contributed by atoms with Gasteiger partial charge in [-0.1, -0.05) is 0 Å². The summed E-state index contributed by atoms with van der Waals surface area (Å²) in [5.41, 5.74) is 2.30. The highest BCUT2D eigenvalue weighted by Crippen LogP contribution is 2.03. The van der Waals surface area contributed by atoms with Gasteiger partial charge in [-0.25, -0.2) is 0 Å². The molecule has 1 aromatic rings. The Labute approximate surface area is 79.1 Å². The summed E-state index contributed by atoms with van der Waals surface area (Å²) < 4.78 is 5.01. The molecule has 0 amide bonds. The van der Waals surface area contributed by atoms with Crippen LogP contribution in [0.4, 0.5) is 0 Å². The van der Waals surface area contributed by atoms with E-state index in [9.17, 15) is 0 Å². The molecule has 1 N–H and O–H groups in total. The summed E-state index contributed by atoms with van der Waals surface area (Å²) in [6, 6.07) is 4.12. The van der Waals surface area contributed by atoms with Gasteiger partial charge in [0.25, 0.3) is 0 Å². The molecule has 0 saturated carbocycles. The number of aromatic nitrogens is 1. The Hall–Kier alpha value is -0.930. The lowest BCUT2D eigenvalue weighted by molar-refractivity contribution is 0.181. The maximum absolute atomic E-state index is 5.01. The van der Waals surface area contributed by atoms with Crippen molar-refractivity contribution in [3.8, 4) is 0 Å². The zero-order chi connectivity index (χ0) is 9.52. The highest BCUT2D eigenvalue weighted by atomic mass is 16.5. The first-order valence-corrected chi connectivity index (χ1v) is 4.44. The number of pyridine rings is 1.